The number of carbonyl (C=O) groups excluding carboxylic acids is 1. The van der Waals surface area contributed by atoms with Gasteiger partial charge in [0.1, 0.15) is 5.60 Å². The molecule has 0 fully saturated rings. The lowest BCUT2D eigenvalue weighted by Gasteiger charge is -2.25. The minimum atomic E-state index is -0.585. The van der Waals surface area contributed by atoms with Crippen molar-refractivity contribution in [2.24, 2.45) is 0 Å². The van der Waals surface area contributed by atoms with Crippen LogP contribution < -0.4 is 5.56 Å². The Kier molecular flexibility index (Phi) is 5.23. The molecule has 0 unspecified atom stereocenters. The normalized spacial score (nSPS) is 10.9. The standard InChI is InChI=1S/C13H18N2O3S/c1-5-9-15(12(17)18-13(2,3)4)19-14-10-7-6-8-11(14)16/h5-8,10H,1,9H2,2-4H3. The Labute approximate surface area is 117 Å². The third kappa shape index (κ3) is 5.21. The molecule has 0 spiro atoms. The van der Waals surface area contributed by atoms with Gasteiger partial charge in [-0.05, 0) is 26.8 Å². The van der Waals surface area contributed by atoms with Gasteiger partial charge >= 0.3 is 6.09 Å². The molecule has 0 aliphatic carbocycles. The molecule has 0 atom stereocenters. The number of ether oxygens (including phenoxy) is 1. The Morgan fingerprint density at radius 1 is 1.53 bits per heavy atom. The van der Waals surface area contributed by atoms with Crippen molar-refractivity contribution >= 4 is 18.2 Å². The van der Waals surface area contributed by atoms with Crippen LogP contribution in [0.25, 0.3) is 0 Å². The number of hydrogen-bond acceptors (Lipinski definition) is 4. The molecule has 0 saturated carbocycles. The van der Waals surface area contributed by atoms with E-state index in [4.69, 9.17) is 4.74 Å². The molecule has 104 valence electrons. The van der Waals surface area contributed by atoms with E-state index < -0.39 is 11.7 Å². The van der Waals surface area contributed by atoms with Gasteiger partial charge in [-0.15, -0.1) is 6.58 Å². The summed E-state index contributed by atoms with van der Waals surface area (Å²) in [7, 11) is 0. The molecule has 1 aromatic rings. The SMILES string of the molecule is C=CCN(Sn1ccccc1=O)C(=O)OC(C)(C)C. The third-order valence-electron chi connectivity index (χ3n) is 1.87. The summed E-state index contributed by atoms with van der Waals surface area (Å²) in [6, 6.07) is 4.79. The molecule has 6 heteroatoms. The zero-order chi connectivity index (χ0) is 14.5. The largest absolute Gasteiger partial charge is 0.443 e. The summed E-state index contributed by atoms with van der Waals surface area (Å²) in [4.78, 5) is 23.6. The maximum atomic E-state index is 12.0. The highest BCUT2D eigenvalue weighted by Crippen LogP contribution is 2.16. The molecule has 0 saturated heterocycles. The highest BCUT2D eigenvalue weighted by Gasteiger charge is 2.22. The number of amides is 1. The van der Waals surface area contributed by atoms with Gasteiger partial charge in [0.15, 0.2) is 0 Å². The Balaban J connectivity index is 2.84. The van der Waals surface area contributed by atoms with E-state index in [2.05, 4.69) is 6.58 Å². The maximum absolute atomic E-state index is 12.0. The lowest BCUT2D eigenvalue weighted by atomic mass is 10.2. The predicted octanol–water partition coefficient (Wildman–Crippen LogP) is 2.68. The number of aromatic nitrogens is 1. The van der Waals surface area contributed by atoms with E-state index >= 15 is 0 Å². The Hall–Kier alpha value is -1.69. The monoisotopic (exact) mass is 282 g/mol. The summed E-state index contributed by atoms with van der Waals surface area (Å²) < 4.78 is 7.96. The minimum absolute atomic E-state index is 0.204. The molecule has 1 amide bonds. The molecule has 5 nitrogen and oxygen atoms in total. The fourth-order valence-electron chi connectivity index (χ4n) is 1.16. The summed E-state index contributed by atoms with van der Waals surface area (Å²) in [6.07, 6.45) is 2.66. The van der Waals surface area contributed by atoms with Crippen LogP contribution in [0.15, 0.2) is 41.8 Å². The topological polar surface area (TPSA) is 51.5 Å². The summed E-state index contributed by atoms with van der Waals surface area (Å²) in [5, 5.41) is 0. The van der Waals surface area contributed by atoms with E-state index in [1.54, 1.807) is 45.2 Å². The number of pyridine rings is 1. The molecule has 1 rings (SSSR count). The van der Waals surface area contributed by atoms with Gasteiger partial charge in [-0.2, -0.15) is 0 Å². The number of nitrogens with zero attached hydrogens (tertiary/aromatic N) is 2. The van der Waals surface area contributed by atoms with Gasteiger partial charge in [-0.3, -0.25) is 4.79 Å². The van der Waals surface area contributed by atoms with Crippen LogP contribution in [-0.4, -0.2) is 26.5 Å². The molecular formula is C13H18N2O3S. The molecule has 1 heterocycles. The smallest absolute Gasteiger partial charge is 0.422 e. The van der Waals surface area contributed by atoms with Gasteiger partial charge in [0, 0.05) is 12.3 Å². The Morgan fingerprint density at radius 3 is 2.74 bits per heavy atom. The van der Waals surface area contributed by atoms with Crippen LogP contribution in [0.2, 0.25) is 0 Å². The van der Waals surface area contributed by atoms with Crippen LogP contribution in [0.4, 0.5) is 4.79 Å². The van der Waals surface area contributed by atoms with E-state index in [1.165, 1.54) is 14.3 Å². The van der Waals surface area contributed by atoms with Gasteiger partial charge in [-0.25, -0.2) is 13.1 Å². The third-order valence-corrected chi connectivity index (χ3v) is 2.84. The maximum Gasteiger partial charge on any atom is 0.422 e. The molecule has 1 aromatic heterocycles. The molecular weight excluding hydrogens is 264 g/mol. The van der Waals surface area contributed by atoms with Crippen molar-refractivity contribution < 1.29 is 9.53 Å². The van der Waals surface area contributed by atoms with Crippen molar-refractivity contribution in [1.82, 2.24) is 8.28 Å². The summed E-state index contributed by atoms with van der Waals surface area (Å²) >= 11 is 0.980. The van der Waals surface area contributed by atoms with E-state index in [-0.39, 0.29) is 12.1 Å². The first-order chi connectivity index (χ1) is 8.83. The molecule has 0 aliphatic rings. The van der Waals surface area contributed by atoms with Crippen molar-refractivity contribution in [1.29, 1.82) is 0 Å². The fourth-order valence-corrected chi connectivity index (χ4v) is 1.91. The van der Waals surface area contributed by atoms with Crippen molar-refractivity contribution in [2.75, 3.05) is 6.54 Å². The van der Waals surface area contributed by atoms with Crippen LogP contribution >= 0.6 is 12.1 Å². The van der Waals surface area contributed by atoms with Gasteiger partial charge < -0.3 is 4.74 Å². The second kappa shape index (κ2) is 6.47. The molecule has 0 bridgehead atoms. The first kappa shape index (κ1) is 15.4. The fraction of sp³-hybridized carbons (Fsp3) is 0.385. The zero-order valence-corrected chi connectivity index (χ0v) is 12.1. The van der Waals surface area contributed by atoms with Crippen molar-refractivity contribution in [3.8, 4) is 0 Å². The summed E-state index contributed by atoms with van der Waals surface area (Å²) in [5.41, 5.74) is -0.788. The molecule has 0 aromatic carbocycles. The molecule has 0 aliphatic heterocycles. The molecule has 19 heavy (non-hydrogen) atoms. The lowest BCUT2D eigenvalue weighted by molar-refractivity contribution is 0.0416. The second-order valence-corrected chi connectivity index (χ2v) is 5.77. The van der Waals surface area contributed by atoms with Gasteiger partial charge in [-0.1, -0.05) is 12.1 Å². The Bertz CT molecular complexity index is 505. The highest BCUT2D eigenvalue weighted by molar-refractivity contribution is 7.96. The van der Waals surface area contributed by atoms with Crippen LogP contribution in [0.3, 0.4) is 0 Å². The number of rotatable bonds is 4. The summed E-state index contributed by atoms with van der Waals surface area (Å²) in [6.45, 7) is 9.24. The first-order valence-corrected chi connectivity index (χ1v) is 6.54. The van der Waals surface area contributed by atoms with Gasteiger partial charge in [0.2, 0.25) is 0 Å². The molecule has 0 N–H and O–H groups in total. The Morgan fingerprint density at radius 2 is 2.21 bits per heavy atom. The first-order valence-electron chi connectivity index (χ1n) is 5.81. The lowest BCUT2D eigenvalue weighted by Crippen LogP contribution is -2.34. The van der Waals surface area contributed by atoms with Crippen molar-refractivity contribution in [3.05, 3.63) is 47.4 Å². The zero-order valence-electron chi connectivity index (χ0n) is 11.3. The number of hydrogen-bond donors (Lipinski definition) is 0. The van der Waals surface area contributed by atoms with E-state index in [9.17, 15) is 9.59 Å². The van der Waals surface area contributed by atoms with Gasteiger partial charge in [0.25, 0.3) is 5.56 Å². The van der Waals surface area contributed by atoms with Crippen LogP contribution in [0.5, 0.6) is 0 Å². The van der Waals surface area contributed by atoms with Crippen molar-refractivity contribution in [2.45, 2.75) is 26.4 Å². The minimum Gasteiger partial charge on any atom is -0.443 e. The average molecular weight is 282 g/mol. The van der Waals surface area contributed by atoms with E-state index in [1.807, 2.05) is 0 Å². The summed E-state index contributed by atoms with van der Waals surface area (Å²) in [5.74, 6) is 0. The average Bonchev–Trinajstić information content (AvgIpc) is 2.29. The quantitative estimate of drug-likeness (QED) is 0.629. The van der Waals surface area contributed by atoms with Crippen LogP contribution in [0, 0.1) is 0 Å². The van der Waals surface area contributed by atoms with Crippen LogP contribution in [0.1, 0.15) is 20.8 Å². The van der Waals surface area contributed by atoms with E-state index in [0.29, 0.717) is 0 Å². The highest BCUT2D eigenvalue weighted by atomic mass is 32.2. The second-order valence-electron chi connectivity index (χ2n) is 4.78. The van der Waals surface area contributed by atoms with Crippen molar-refractivity contribution in [3.63, 3.8) is 0 Å². The van der Waals surface area contributed by atoms with Gasteiger partial charge in [0.05, 0.1) is 18.7 Å². The predicted molar refractivity (Wildman–Crippen MR) is 76.8 cm³/mol. The molecule has 0 radical (unpaired) electrons. The van der Waals surface area contributed by atoms with E-state index in [0.717, 1.165) is 12.1 Å². The van der Waals surface area contributed by atoms with Crippen LogP contribution in [-0.2, 0) is 4.74 Å². The number of carbonyl (C=O) groups is 1.